The fourth-order valence-corrected chi connectivity index (χ4v) is 1.24. The second kappa shape index (κ2) is 3.28. The second-order valence-corrected chi connectivity index (χ2v) is 3.17. The van der Waals surface area contributed by atoms with E-state index >= 15 is 0 Å². The van der Waals surface area contributed by atoms with Gasteiger partial charge in [-0.2, -0.15) is 0 Å². The lowest BCUT2D eigenvalue weighted by Gasteiger charge is -2.15. The molecule has 1 aliphatic rings. The molecule has 1 rings (SSSR count). The Hall–Kier alpha value is -0.820. The molecule has 0 amide bonds. The molecule has 0 saturated carbocycles. The predicted octanol–water partition coefficient (Wildman–Crippen LogP) is 2.03. The highest BCUT2D eigenvalue weighted by Crippen LogP contribution is 2.28. The molecule has 0 aromatic rings. The summed E-state index contributed by atoms with van der Waals surface area (Å²) in [7, 11) is 0. The van der Waals surface area contributed by atoms with Crippen LogP contribution in [0.15, 0.2) is 31.0 Å². The Morgan fingerprint density at radius 2 is 1.92 bits per heavy atom. The SMILES string of the molecule is C=C=CC1OC(C)(C)OC1C=C. The minimum absolute atomic E-state index is 0.0887. The molecule has 0 spiro atoms. The first-order chi connectivity index (χ1) is 5.59. The van der Waals surface area contributed by atoms with Gasteiger partial charge in [-0.05, 0) is 19.9 Å². The molecule has 2 unspecified atom stereocenters. The average molecular weight is 166 g/mol. The number of hydrogen-bond donors (Lipinski definition) is 0. The highest BCUT2D eigenvalue weighted by molar-refractivity contribution is 5.02. The third kappa shape index (κ3) is 1.86. The van der Waals surface area contributed by atoms with Gasteiger partial charge < -0.3 is 9.47 Å². The third-order valence-corrected chi connectivity index (χ3v) is 1.68. The summed E-state index contributed by atoms with van der Waals surface area (Å²) in [5, 5.41) is 0. The van der Waals surface area contributed by atoms with Crippen LogP contribution in [0.3, 0.4) is 0 Å². The minimum atomic E-state index is -0.531. The summed E-state index contributed by atoms with van der Waals surface area (Å²) in [5.74, 6) is -0.531. The monoisotopic (exact) mass is 166 g/mol. The lowest BCUT2D eigenvalue weighted by molar-refractivity contribution is -0.138. The quantitative estimate of drug-likeness (QED) is 0.461. The van der Waals surface area contributed by atoms with Crippen molar-refractivity contribution in [2.75, 3.05) is 0 Å². The van der Waals surface area contributed by atoms with Gasteiger partial charge >= 0.3 is 0 Å². The van der Waals surface area contributed by atoms with Crippen molar-refractivity contribution < 1.29 is 9.47 Å². The molecule has 0 aliphatic carbocycles. The van der Waals surface area contributed by atoms with Crippen LogP contribution >= 0.6 is 0 Å². The maximum atomic E-state index is 5.54. The van der Waals surface area contributed by atoms with Crippen molar-refractivity contribution in [1.29, 1.82) is 0 Å². The highest BCUT2D eigenvalue weighted by Gasteiger charge is 2.38. The van der Waals surface area contributed by atoms with Gasteiger partial charge in [0.15, 0.2) is 5.79 Å². The smallest absolute Gasteiger partial charge is 0.164 e. The van der Waals surface area contributed by atoms with E-state index in [2.05, 4.69) is 18.9 Å². The van der Waals surface area contributed by atoms with Gasteiger partial charge in [-0.1, -0.05) is 12.7 Å². The molecule has 0 radical (unpaired) electrons. The average Bonchev–Trinajstić information content (AvgIpc) is 2.26. The molecule has 2 nitrogen and oxygen atoms in total. The van der Waals surface area contributed by atoms with Crippen LogP contribution in [-0.4, -0.2) is 18.0 Å². The summed E-state index contributed by atoms with van der Waals surface area (Å²) in [6, 6.07) is 0. The molecule has 2 heteroatoms. The lowest BCUT2D eigenvalue weighted by Crippen LogP contribution is -2.20. The minimum Gasteiger partial charge on any atom is -0.340 e. The van der Waals surface area contributed by atoms with E-state index in [1.807, 2.05) is 13.8 Å². The molecule has 0 N–H and O–H groups in total. The molecule has 1 heterocycles. The highest BCUT2D eigenvalue weighted by atomic mass is 16.7. The second-order valence-electron chi connectivity index (χ2n) is 3.17. The number of hydrogen-bond acceptors (Lipinski definition) is 2. The summed E-state index contributed by atoms with van der Waals surface area (Å²) in [5.41, 5.74) is 2.68. The first kappa shape index (κ1) is 9.27. The standard InChI is InChI=1S/C10H14O2/c1-5-7-9-8(6-2)11-10(3,4)12-9/h6-9H,1-2H2,3-4H3. The van der Waals surface area contributed by atoms with Gasteiger partial charge in [0.1, 0.15) is 12.2 Å². The van der Waals surface area contributed by atoms with E-state index in [0.717, 1.165) is 0 Å². The molecule has 0 bridgehead atoms. The summed E-state index contributed by atoms with van der Waals surface area (Å²) in [4.78, 5) is 0. The molecule has 0 aromatic carbocycles. The van der Waals surface area contributed by atoms with Gasteiger partial charge in [0.2, 0.25) is 0 Å². The molecule has 1 aliphatic heterocycles. The van der Waals surface area contributed by atoms with E-state index in [1.165, 1.54) is 0 Å². The van der Waals surface area contributed by atoms with E-state index in [9.17, 15) is 0 Å². The molecule has 2 atom stereocenters. The molecular formula is C10H14O2. The van der Waals surface area contributed by atoms with Crippen molar-refractivity contribution in [2.45, 2.75) is 31.8 Å². The van der Waals surface area contributed by atoms with Gasteiger partial charge in [0, 0.05) is 0 Å². The molecule has 0 aromatic heterocycles. The molecule has 1 fully saturated rings. The number of ether oxygens (including phenoxy) is 2. The van der Waals surface area contributed by atoms with Crippen LogP contribution in [0.5, 0.6) is 0 Å². The van der Waals surface area contributed by atoms with E-state index in [1.54, 1.807) is 12.2 Å². The first-order valence-corrected chi connectivity index (χ1v) is 3.93. The Bertz CT molecular complexity index is 224. The Labute approximate surface area is 73.2 Å². The van der Waals surface area contributed by atoms with Crippen LogP contribution in [0.2, 0.25) is 0 Å². The topological polar surface area (TPSA) is 18.5 Å². The first-order valence-electron chi connectivity index (χ1n) is 3.93. The van der Waals surface area contributed by atoms with Gasteiger partial charge in [-0.3, -0.25) is 0 Å². The van der Waals surface area contributed by atoms with E-state index in [-0.39, 0.29) is 12.2 Å². The maximum Gasteiger partial charge on any atom is 0.164 e. The Balaban J connectivity index is 2.75. The van der Waals surface area contributed by atoms with Crippen molar-refractivity contribution in [3.63, 3.8) is 0 Å². The zero-order valence-electron chi connectivity index (χ0n) is 7.54. The largest absolute Gasteiger partial charge is 0.340 e. The Morgan fingerprint density at radius 3 is 2.42 bits per heavy atom. The van der Waals surface area contributed by atoms with Crippen molar-refractivity contribution in [2.24, 2.45) is 0 Å². The van der Waals surface area contributed by atoms with Crippen molar-refractivity contribution >= 4 is 0 Å². The Kier molecular flexibility index (Phi) is 2.53. The molecular weight excluding hydrogens is 152 g/mol. The summed E-state index contributed by atoms with van der Waals surface area (Å²) in [6.07, 6.45) is 3.29. The van der Waals surface area contributed by atoms with Gasteiger partial charge in [0.25, 0.3) is 0 Å². The van der Waals surface area contributed by atoms with Gasteiger partial charge in [0.05, 0.1) is 0 Å². The zero-order valence-corrected chi connectivity index (χ0v) is 7.54. The van der Waals surface area contributed by atoms with E-state index in [4.69, 9.17) is 9.47 Å². The van der Waals surface area contributed by atoms with Gasteiger partial charge in [-0.15, -0.1) is 12.3 Å². The summed E-state index contributed by atoms with van der Waals surface area (Å²) >= 11 is 0. The van der Waals surface area contributed by atoms with Crippen molar-refractivity contribution in [1.82, 2.24) is 0 Å². The summed E-state index contributed by atoms with van der Waals surface area (Å²) < 4.78 is 11.1. The summed E-state index contributed by atoms with van der Waals surface area (Å²) in [6.45, 7) is 10.9. The lowest BCUT2D eigenvalue weighted by atomic mass is 10.2. The predicted molar refractivity (Wildman–Crippen MR) is 47.7 cm³/mol. The van der Waals surface area contributed by atoms with Gasteiger partial charge in [-0.25, -0.2) is 0 Å². The van der Waals surface area contributed by atoms with Crippen LogP contribution in [0, 0.1) is 0 Å². The fraction of sp³-hybridized carbons (Fsp3) is 0.500. The van der Waals surface area contributed by atoms with Crippen molar-refractivity contribution in [3.8, 4) is 0 Å². The van der Waals surface area contributed by atoms with E-state index in [0.29, 0.717) is 0 Å². The van der Waals surface area contributed by atoms with Crippen LogP contribution < -0.4 is 0 Å². The maximum absolute atomic E-state index is 5.54. The van der Waals surface area contributed by atoms with Crippen LogP contribution in [0.1, 0.15) is 13.8 Å². The van der Waals surface area contributed by atoms with E-state index < -0.39 is 5.79 Å². The van der Waals surface area contributed by atoms with Crippen LogP contribution in [-0.2, 0) is 9.47 Å². The molecule has 66 valence electrons. The zero-order chi connectivity index (χ0) is 9.19. The normalized spacial score (nSPS) is 32.5. The van der Waals surface area contributed by atoms with Crippen LogP contribution in [0.25, 0.3) is 0 Å². The van der Waals surface area contributed by atoms with Crippen molar-refractivity contribution in [3.05, 3.63) is 31.0 Å². The Morgan fingerprint density at radius 1 is 1.33 bits per heavy atom. The third-order valence-electron chi connectivity index (χ3n) is 1.68. The molecule has 12 heavy (non-hydrogen) atoms. The molecule has 1 saturated heterocycles. The van der Waals surface area contributed by atoms with Crippen LogP contribution in [0.4, 0.5) is 0 Å². The fourth-order valence-electron chi connectivity index (χ4n) is 1.24. The number of rotatable bonds is 2.